The zero-order chi connectivity index (χ0) is 14.7. The molecule has 0 saturated carbocycles. The van der Waals surface area contributed by atoms with Crippen molar-refractivity contribution in [3.05, 3.63) is 34.6 Å². The lowest BCUT2D eigenvalue weighted by atomic mass is 10.2. The number of aliphatic hydroxyl groups is 1. The van der Waals surface area contributed by atoms with E-state index in [1.807, 2.05) is 0 Å². The summed E-state index contributed by atoms with van der Waals surface area (Å²) < 4.78 is 13.1. The minimum Gasteiger partial charge on any atom is -0.372 e. The Labute approximate surface area is 122 Å². The number of likely N-dealkylation sites (N-methyl/N-ethyl adjacent to an activating group) is 1. The highest BCUT2D eigenvalue weighted by Crippen LogP contribution is 2.18. The van der Waals surface area contributed by atoms with Gasteiger partial charge in [-0.15, -0.1) is 0 Å². The highest BCUT2D eigenvalue weighted by atomic mass is 35.5. The largest absolute Gasteiger partial charge is 0.372 e. The quantitative estimate of drug-likeness (QED) is 0.865. The lowest BCUT2D eigenvalue weighted by Crippen LogP contribution is -2.44. The lowest BCUT2D eigenvalue weighted by Gasteiger charge is -2.27. The Bertz CT molecular complexity index is 492. The minimum absolute atomic E-state index is 0.0988. The van der Waals surface area contributed by atoms with Crippen LogP contribution in [0.4, 0.5) is 4.39 Å². The standard InChI is InChI=1S/C14H18ClFN2O2/c1-17(13(19)9-18-6-2-3-7-18)14(20)10-4-5-12(16)11(15)8-10/h4-5,8,13,19H,2-3,6-7,9H2,1H3/t13-/m0/s1. The highest BCUT2D eigenvalue weighted by molar-refractivity contribution is 6.31. The normalized spacial score (nSPS) is 17.2. The Kier molecular flexibility index (Phi) is 4.96. The monoisotopic (exact) mass is 300 g/mol. The van der Waals surface area contributed by atoms with Gasteiger partial charge < -0.3 is 10.0 Å². The van der Waals surface area contributed by atoms with Crippen molar-refractivity contribution in [1.29, 1.82) is 0 Å². The van der Waals surface area contributed by atoms with Gasteiger partial charge in [-0.25, -0.2) is 4.39 Å². The third-order valence-corrected chi connectivity index (χ3v) is 3.84. The maximum absolute atomic E-state index is 13.1. The van der Waals surface area contributed by atoms with E-state index < -0.39 is 12.0 Å². The van der Waals surface area contributed by atoms with Crippen LogP contribution in [0.2, 0.25) is 5.02 Å². The Morgan fingerprint density at radius 2 is 2.15 bits per heavy atom. The van der Waals surface area contributed by atoms with E-state index >= 15 is 0 Å². The molecular formula is C14H18ClFN2O2. The molecule has 0 aliphatic carbocycles. The summed E-state index contributed by atoms with van der Waals surface area (Å²) in [4.78, 5) is 15.6. The van der Waals surface area contributed by atoms with Gasteiger partial charge in [0.2, 0.25) is 0 Å². The molecule has 1 aromatic carbocycles. The first kappa shape index (κ1) is 15.2. The first-order valence-electron chi connectivity index (χ1n) is 6.61. The van der Waals surface area contributed by atoms with Gasteiger partial charge in [0.1, 0.15) is 12.0 Å². The molecule has 0 spiro atoms. The smallest absolute Gasteiger partial charge is 0.255 e. The topological polar surface area (TPSA) is 43.8 Å². The zero-order valence-electron chi connectivity index (χ0n) is 11.4. The van der Waals surface area contributed by atoms with Crippen LogP contribution < -0.4 is 0 Å². The van der Waals surface area contributed by atoms with Crippen molar-refractivity contribution in [3.8, 4) is 0 Å². The fourth-order valence-electron chi connectivity index (χ4n) is 2.29. The number of aliphatic hydroxyl groups excluding tert-OH is 1. The number of halogens is 2. The minimum atomic E-state index is -0.885. The lowest BCUT2D eigenvalue weighted by molar-refractivity contribution is 0.00379. The van der Waals surface area contributed by atoms with Crippen LogP contribution in [0, 0.1) is 5.82 Å². The molecule has 0 unspecified atom stereocenters. The molecule has 110 valence electrons. The number of hydrogen-bond acceptors (Lipinski definition) is 3. The third-order valence-electron chi connectivity index (χ3n) is 3.55. The van der Waals surface area contributed by atoms with E-state index in [1.54, 1.807) is 0 Å². The molecule has 1 fully saturated rings. The summed E-state index contributed by atoms with van der Waals surface area (Å²) in [5.74, 6) is -0.943. The van der Waals surface area contributed by atoms with Gasteiger partial charge in [-0.2, -0.15) is 0 Å². The van der Waals surface area contributed by atoms with Crippen LogP contribution >= 0.6 is 11.6 Å². The fraction of sp³-hybridized carbons (Fsp3) is 0.500. The predicted molar refractivity (Wildman–Crippen MR) is 75.2 cm³/mol. The van der Waals surface area contributed by atoms with Gasteiger partial charge in [0.15, 0.2) is 0 Å². The summed E-state index contributed by atoms with van der Waals surface area (Å²) in [6.07, 6.45) is 1.36. The number of carbonyl (C=O) groups is 1. The second-order valence-corrected chi connectivity index (χ2v) is 5.44. The fourth-order valence-corrected chi connectivity index (χ4v) is 2.47. The predicted octanol–water partition coefficient (Wildman–Crippen LogP) is 1.97. The van der Waals surface area contributed by atoms with Crippen molar-refractivity contribution < 1.29 is 14.3 Å². The first-order valence-corrected chi connectivity index (χ1v) is 6.99. The van der Waals surface area contributed by atoms with Crippen molar-refractivity contribution >= 4 is 17.5 Å². The van der Waals surface area contributed by atoms with Gasteiger partial charge in [-0.05, 0) is 44.1 Å². The molecule has 4 nitrogen and oxygen atoms in total. The van der Waals surface area contributed by atoms with Crippen LogP contribution in [0.5, 0.6) is 0 Å². The number of benzene rings is 1. The molecule has 0 aromatic heterocycles. The van der Waals surface area contributed by atoms with Gasteiger partial charge in [0, 0.05) is 19.2 Å². The molecule has 1 aliphatic rings. The van der Waals surface area contributed by atoms with Crippen molar-refractivity contribution in [2.24, 2.45) is 0 Å². The summed E-state index contributed by atoms with van der Waals surface area (Å²) >= 11 is 5.66. The van der Waals surface area contributed by atoms with Crippen molar-refractivity contribution in [2.75, 3.05) is 26.7 Å². The summed E-state index contributed by atoms with van der Waals surface area (Å²) in [6.45, 7) is 2.32. The van der Waals surface area contributed by atoms with E-state index in [0.717, 1.165) is 32.0 Å². The Morgan fingerprint density at radius 3 is 2.75 bits per heavy atom. The molecule has 2 rings (SSSR count). The Morgan fingerprint density at radius 1 is 1.50 bits per heavy atom. The molecule has 0 bridgehead atoms. The summed E-state index contributed by atoms with van der Waals surface area (Å²) in [7, 11) is 1.53. The van der Waals surface area contributed by atoms with Crippen LogP contribution in [0.3, 0.4) is 0 Å². The van der Waals surface area contributed by atoms with E-state index in [1.165, 1.54) is 24.1 Å². The second kappa shape index (κ2) is 6.52. The molecule has 1 aliphatic heterocycles. The van der Waals surface area contributed by atoms with Gasteiger partial charge in [-0.3, -0.25) is 9.69 Å². The van der Waals surface area contributed by atoms with Gasteiger partial charge >= 0.3 is 0 Å². The molecule has 0 radical (unpaired) electrons. The number of nitrogens with zero attached hydrogens (tertiary/aromatic N) is 2. The number of carbonyl (C=O) groups excluding carboxylic acids is 1. The number of β-amino-alcohol motifs (C(OH)–C–C–N with tert-alkyl or cyclic N) is 1. The van der Waals surface area contributed by atoms with Crippen LogP contribution in [-0.4, -0.2) is 53.7 Å². The average Bonchev–Trinajstić information content (AvgIpc) is 2.93. The molecule has 20 heavy (non-hydrogen) atoms. The summed E-state index contributed by atoms with van der Waals surface area (Å²) in [5.41, 5.74) is 0.263. The maximum Gasteiger partial charge on any atom is 0.255 e. The van der Waals surface area contributed by atoms with Crippen LogP contribution in [0.1, 0.15) is 23.2 Å². The van der Waals surface area contributed by atoms with Crippen LogP contribution in [0.15, 0.2) is 18.2 Å². The number of likely N-dealkylation sites (tertiary alicyclic amines) is 1. The molecule has 1 aromatic rings. The molecule has 6 heteroatoms. The second-order valence-electron chi connectivity index (χ2n) is 5.03. The zero-order valence-corrected chi connectivity index (χ0v) is 12.1. The molecule has 1 saturated heterocycles. The van der Waals surface area contributed by atoms with E-state index in [0.29, 0.717) is 6.54 Å². The highest BCUT2D eigenvalue weighted by Gasteiger charge is 2.23. The molecule has 1 amide bonds. The number of amides is 1. The third kappa shape index (κ3) is 3.48. The van der Waals surface area contributed by atoms with E-state index in [9.17, 15) is 14.3 Å². The van der Waals surface area contributed by atoms with E-state index in [2.05, 4.69) is 4.90 Å². The van der Waals surface area contributed by atoms with Gasteiger partial charge in [-0.1, -0.05) is 11.6 Å². The van der Waals surface area contributed by atoms with Crippen LogP contribution in [0.25, 0.3) is 0 Å². The van der Waals surface area contributed by atoms with Gasteiger partial charge in [0.05, 0.1) is 5.02 Å². The van der Waals surface area contributed by atoms with Gasteiger partial charge in [0.25, 0.3) is 5.91 Å². The number of hydrogen-bond donors (Lipinski definition) is 1. The average molecular weight is 301 g/mol. The number of rotatable bonds is 4. The van der Waals surface area contributed by atoms with Crippen molar-refractivity contribution in [1.82, 2.24) is 9.80 Å². The SMILES string of the molecule is CN(C(=O)c1ccc(F)c(Cl)c1)[C@@H](O)CN1CCCC1. The maximum atomic E-state index is 13.1. The van der Waals surface area contributed by atoms with E-state index in [-0.39, 0.29) is 16.5 Å². The summed E-state index contributed by atoms with van der Waals surface area (Å²) in [6, 6.07) is 3.79. The van der Waals surface area contributed by atoms with Crippen molar-refractivity contribution in [3.63, 3.8) is 0 Å². The molecule has 1 heterocycles. The summed E-state index contributed by atoms with van der Waals surface area (Å²) in [5, 5.41) is 9.99. The molecule has 1 atom stereocenters. The Balaban J connectivity index is 2.01. The molecular weight excluding hydrogens is 283 g/mol. The molecule has 1 N–H and O–H groups in total. The Hall–Kier alpha value is -1.17. The van der Waals surface area contributed by atoms with Crippen molar-refractivity contribution in [2.45, 2.75) is 19.1 Å². The van der Waals surface area contributed by atoms with E-state index in [4.69, 9.17) is 11.6 Å². The van der Waals surface area contributed by atoms with Crippen LogP contribution in [-0.2, 0) is 0 Å². The first-order chi connectivity index (χ1) is 9.49.